The molecule has 2 heterocycles. The fourth-order valence-corrected chi connectivity index (χ4v) is 6.39. The highest BCUT2D eigenvalue weighted by Gasteiger charge is 2.42. The molecule has 2 atom stereocenters. The van der Waals surface area contributed by atoms with Crippen LogP contribution in [0.1, 0.15) is 48.9 Å². The van der Waals surface area contributed by atoms with Gasteiger partial charge in [0, 0.05) is 30.9 Å². The maximum Gasteiger partial charge on any atom is 0.391 e. The second-order valence-corrected chi connectivity index (χ2v) is 11.3. The van der Waals surface area contributed by atoms with Crippen LogP contribution >= 0.6 is 23.2 Å². The third kappa shape index (κ3) is 6.05. The molecule has 0 spiro atoms. The highest BCUT2D eigenvalue weighted by atomic mass is 35.5. The second-order valence-electron chi connectivity index (χ2n) is 10.5. The zero-order valence-electron chi connectivity index (χ0n) is 22.2. The summed E-state index contributed by atoms with van der Waals surface area (Å²) in [5, 5.41) is 23.0. The van der Waals surface area contributed by atoms with Crippen LogP contribution in [0.2, 0.25) is 10.0 Å². The molecule has 0 aliphatic carbocycles. The van der Waals surface area contributed by atoms with Crippen molar-refractivity contribution in [1.82, 2.24) is 0 Å². The van der Waals surface area contributed by atoms with Gasteiger partial charge in [-0.2, -0.15) is 13.2 Å². The summed E-state index contributed by atoms with van der Waals surface area (Å²) in [6.07, 6.45) is -4.28. The summed E-state index contributed by atoms with van der Waals surface area (Å²) in [5.74, 6) is -3.53. The van der Waals surface area contributed by atoms with E-state index >= 15 is 8.78 Å². The topological polar surface area (TPSA) is 92.8 Å². The number of hydrogen-bond donors (Lipinski definition) is 0. The van der Waals surface area contributed by atoms with Crippen LogP contribution in [0.3, 0.4) is 0 Å². The monoisotopic (exact) mass is 644 g/mol. The Morgan fingerprint density at radius 2 is 1.19 bits per heavy atom. The first-order valence-electron chi connectivity index (χ1n) is 13.2. The Morgan fingerprint density at radius 1 is 0.744 bits per heavy atom. The Labute approximate surface area is 251 Å². The van der Waals surface area contributed by atoms with Crippen LogP contribution in [-0.4, -0.2) is 29.1 Å². The van der Waals surface area contributed by atoms with Gasteiger partial charge in [0.15, 0.2) is 11.6 Å². The van der Waals surface area contributed by atoms with Gasteiger partial charge in [0.05, 0.1) is 27.8 Å². The maximum absolute atomic E-state index is 15.6. The van der Waals surface area contributed by atoms with E-state index in [2.05, 4.69) is 0 Å². The van der Waals surface area contributed by atoms with Crippen molar-refractivity contribution < 1.29 is 31.8 Å². The molecule has 0 bridgehead atoms. The molecule has 0 saturated carbocycles. The quantitative estimate of drug-likeness (QED) is 0.151. The molecule has 5 rings (SSSR count). The third-order valence-electron chi connectivity index (χ3n) is 8.06. The Bertz CT molecular complexity index is 1490. The fourth-order valence-electron chi connectivity index (χ4n) is 6.01. The van der Waals surface area contributed by atoms with E-state index in [0.29, 0.717) is 24.0 Å². The molecule has 0 aromatic heterocycles. The first kappa shape index (κ1) is 30.7. The zero-order valence-corrected chi connectivity index (χ0v) is 23.7. The van der Waals surface area contributed by atoms with Crippen LogP contribution in [0.25, 0.3) is 0 Å². The van der Waals surface area contributed by atoms with E-state index in [4.69, 9.17) is 23.2 Å². The molecule has 3 aromatic rings. The lowest BCUT2D eigenvalue weighted by Crippen LogP contribution is -2.39. The van der Waals surface area contributed by atoms with Gasteiger partial charge in [0.1, 0.15) is 15.7 Å². The van der Waals surface area contributed by atoms with Crippen molar-refractivity contribution in [2.75, 3.05) is 22.9 Å². The predicted octanol–water partition coefficient (Wildman–Crippen LogP) is 8.95. The number of anilines is 2. The number of alkyl halides is 3. The second kappa shape index (κ2) is 11.8. The number of piperidine rings is 1. The van der Waals surface area contributed by atoms with Gasteiger partial charge in [-0.25, -0.2) is 8.78 Å². The molecule has 0 radical (unpaired) electrons. The normalized spacial score (nSPS) is 19.6. The van der Waals surface area contributed by atoms with E-state index in [1.54, 1.807) is 17.0 Å². The van der Waals surface area contributed by atoms with Crippen LogP contribution in [-0.2, 0) is 0 Å². The summed E-state index contributed by atoms with van der Waals surface area (Å²) < 4.78 is 70.7. The molecule has 0 N–H and O–H groups in total. The molecular formula is C28H23Cl2F5N4O4. The standard InChI is InChI=1S/C28H23Cl2F5N4O4/c29-19-3-1-15(11-25(19)38(40)41)23-5-6-24(16-2-4-20(30)26(12-16)39(42)43)37(23)18-13-21(31)27(22(32)14-18)36-9-7-17(8-10-36)28(33,34)35/h1-4,11-14,17,23-24H,5-10H2. The van der Waals surface area contributed by atoms with Crippen molar-refractivity contribution in [1.29, 1.82) is 0 Å². The van der Waals surface area contributed by atoms with Crippen molar-refractivity contribution in [2.45, 2.75) is 43.9 Å². The molecule has 2 fully saturated rings. The molecule has 2 aliphatic heterocycles. The molecule has 2 saturated heterocycles. The molecule has 228 valence electrons. The first-order chi connectivity index (χ1) is 20.3. The van der Waals surface area contributed by atoms with E-state index < -0.39 is 51.3 Å². The number of nitro groups is 2. The Balaban J connectivity index is 1.56. The number of benzene rings is 3. The summed E-state index contributed by atoms with van der Waals surface area (Å²) in [4.78, 5) is 24.7. The minimum Gasteiger partial charge on any atom is -0.367 e. The summed E-state index contributed by atoms with van der Waals surface area (Å²) in [7, 11) is 0. The number of hydrogen-bond acceptors (Lipinski definition) is 6. The molecule has 3 aromatic carbocycles. The van der Waals surface area contributed by atoms with Crippen molar-refractivity contribution >= 4 is 46.0 Å². The molecule has 2 unspecified atom stereocenters. The fraction of sp³-hybridized carbons (Fsp3) is 0.357. The summed E-state index contributed by atoms with van der Waals surface area (Å²) in [5.41, 5.74) is -0.255. The molecule has 15 heteroatoms. The SMILES string of the molecule is O=[N+]([O-])c1cc(C2CCC(c3ccc(Cl)c([N+](=O)[O-])c3)N2c2cc(F)c(N3CCC(C(F)(F)F)CC3)c(F)c2)ccc1Cl. The van der Waals surface area contributed by atoms with Gasteiger partial charge in [-0.3, -0.25) is 20.2 Å². The maximum atomic E-state index is 15.6. The minimum atomic E-state index is -4.39. The van der Waals surface area contributed by atoms with Gasteiger partial charge in [-0.15, -0.1) is 0 Å². The van der Waals surface area contributed by atoms with Gasteiger partial charge in [-0.1, -0.05) is 35.3 Å². The minimum absolute atomic E-state index is 0.0478. The van der Waals surface area contributed by atoms with Crippen LogP contribution in [0, 0.1) is 37.8 Å². The Kier molecular flexibility index (Phi) is 8.41. The van der Waals surface area contributed by atoms with E-state index in [1.807, 2.05) is 0 Å². The molecule has 8 nitrogen and oxygen atoms in total. The van der Waals surface area contributed by atoms with Crippen molar-refractivity contribution in [3.05, 3.63) is 102 Å². The van der Waals surface area contributed by atoms with Crippen molar-refractivity contribution in [3.63, 3.8) is 0 Å². The number of nitro benzene ring substituents is 2. The molecule has 2 aliphatic rings. The lowest BCUT2D eigenvalue weighted by Gasteiger charge is -2.36. The summed E-state index contributed by atoms with van der Waals surface area (Å²) >= 11 is 12.0. The predicted molar refractivity (Wildman–Crippen MR) is 151 cm³/mol. The lowest BCUT2D eigenvalue weighted by atomic mass is 9.95. The molecule has 43 heavy (non-hydrogen) atoms. The highest BCUT2D eigenvalue weighted by molar-refractivity contribution is 6.33. The van der Waals surface area contributed by atoms with Gasteiger partial charge in [0.25, 0.3) is 11.4 Å². The van der Waals surface area contributed by atoms with Crippen molar-refractivity contribution in [2.24, 2.45) is 5.92 Å². The van der Waals surface area contributed by atoms with Crippen LogP contribution in [0.5, 0.6) is 0 Å². The smallest absolute Gasteiger partial charge is 0.367 e. The number of nitrogens with zero attached hydrogens (tertiary/aromatic N) is 4. The van der Waals surface area contributed by atoms with E-state index in [1.165, 1.54) is 29.2 Å². The highest BCUT2D eigenvalue weighted by Crippen LogP contribution is 2.49. The van der Waals surface area contributed by atoms with Gasteiger partial charge >= 0.3 is 6.18 Å². The average molecular weight is 645 g/mol. The summed E-state index contributed by atoms with van der Waals surface area (Å²) in [6, 6.07) is 9.20. The van der Waals surface area contributed by atoms with E-state index in [9.17, 15) is 33.4 Å². The van der Waals surface area contributed by atoms with Crippen molar-refractivity contribution in [3.8, 4) is 0 Å². The van der Waals surface area contributed by atoms with Gasteiger partial charge in [0.2, 0.25) is 0 Å². The van der Waals surface area contributed by atoms with Gasteiger partial charge in [-0.05, 0) is 61.1 Å². The van der Waals surface area contributed by atoms with Gasteiger partial charge < -0.3 is 9.80 Å². The zero-order chi connectivity index (χ0) is 31.2. The lowest BCUT2D eigenvalue weighted by molar-refractivity contribution is -0.384. The average Bonchev–Trinajstić information content (AvgIpc) is 3.38. The largest absolute Gasteiger partial charge is 0.391 e. The van der Waals surface area contributed by atoms with Crippen LogP contribution in [0.15, 0.2) is 48.5 Å². The van der Waals surface area contributed by atoms with E-state index in [0.717, 1.165) is 12.1 Å². The number of rotatable bonds is 6. The van der Waals surface area contributed by atoms with E-state index in [-0.39, 0.29) is 53.0 Å². The Morgan fingerprint density at radius 3 is 1.58 bits per heavy atom. The Hall–Kier alpha value is -3.71. The molecule has 0 amide bonds. The summed E-state index contributed by atoms with van der Waals surface area (Å²) in [6.45, 7) is -0.371. The third-order valence-corrected chi connectivity index (χ3v) is 8.70. The number of halogens is 7. The van der Waals surface area contributed by atoms with Crippen LogP contribution < -0.4 is 9.80 Å². The first-order valence-corrected chi connectivity index (χ1v) is 14.0. The molecular weight excluding hydrogens is 622 g/mol. The van der Waals surface area contributed by atoms with Crippen LogP contribution in [0.4, 0.5) is 44.7 Å².